The molecule has 0 amide bonds. The fourth-order valence-electron chi connectivity index (χ4n) is 4.68. The first-order chi connectivity index (χ1) is 17.6. The SMILES string of the molecule is Cl.Cl.NC(C=O)C(Nc1cccc(NC(c2c[nH]c3ccccc23)[C@@H](N)C=O)c1)c1c[nH]c2ccccc12. The van der Waals surface area contributed by atoms with Gasteiger partial charge in [-0.3, -0.25) is 0 Å². The quantitative estimate of drug-likeness (QED) is 0.137. The number of halogens is 2. The van der Waals surface area contributed by atoms with Crippen molar-refractivity contribution < 1.29 is 9.59 Å². The van der Waals surface area contributed by atoms with Crippen molar-refractivity contribution in [2.75, 3.05) is 10.6 Å². The minimum atomic E-state index is -0.761. The predicted octanol–water partition coefficient (Wildman–Crippen LogP) is 4.85. The van der Waals surface area contributed by atoms with E-state index in [2.05, 4.69) is 20.6 Å². The second kappa shape index (κ2) is 12.6. The summed E-state index contributed by atoms with van der Waals surface area (Å²) in [6, 6.07) is 21.0. The molecule has 0 fully saturated rings. The zero-order valence-corrected chi connectivity index (χ0v) is 22.0. The van der Waals surface area contributed by atoms with Crippen molar-refractivity contribution in [2.45, 2.75) is 24.2 Å². The molecular weight excluding hydrogens is 523 g/mol. The summed E-state index contributed by atoms with van der Waals surface area (Å²) >= 11 is 0. The van der Waals surface area contributed by atoms with Gasteiger partial charge in [-0.15, -0.1) is 24.8 Å². The van der Waals surface area contributed by atoms with Gasteiger partial charge in [-0.2, -0.15) is 0 Å². The molecule has 5 rings (SSSR count). The molecule has 5 aromatic rings. The number of H-pyrrole nitrogens is 2. The summed E-state index contributed by atoms with van der Waals surface area (Å²) in [5.41, 5.74) is 17.7. The molecule has 3 aromatic carbocycles. The lowest BCUT2D eigenvalue weighted by Gasteiger charge is -2.25. The number of rotatable bonds is 10. The van der Waals surface area contributed by atoms with Crippen molar-refractivity contribution >= 4 is 70.6 Å². The van der Waals surface area contributed by atoms with Gasteiger partial charge in [0.05, 0.1) is 24.2 Å². The Balaban J connectivity index is 0.00000200. The summed E-state index contributed by atoms with van der Waals surface area (Å²) in [4.78, 5) is 29.9. The fraction of sp³-hybridized carbons (Fsp3) is 0.143. The van der Waals surface area contributed by atoms with Crippen LogP contribution in [0.1, 0.15) is 23.2 Å². The van der Waals surface area contributed by atoms with Crippen molar-refractivity contribution in [1.29, 1.82) is 0 Å². The van der Waals surface area contributed by atoms with Crippen LogP contribution in [0.25, 0.3) is 21.8 Å². The molecule has 0 spiro atoms. The van der Waals surface area contributed by atoms with E-state index in [1.54, 1.807) is 0 Å². The number of aldehydes is 2. The molecule has 0 aliphatic rings. The van der Waals surface area contributed by atoms with Gasteiger partial charge in [0.2, 0.25) is 0 Å². The number of fused-ring (bicyclic) bond motifs is 2. The van der Waals surface area contributed by atoms with Gasteiger partial charge in [-0.1, -0.05) is 42.5 Å². The van der Waals surface area contributed by atoms with Crippen LogP contribution in [0.2, 0.25) is 0 Å². The Hall–Kier alpha value is -3.82. The Morgan fingerprint density at radius 2 is 1.05 bits per heavy atom. The van der Waals surface area contributed by atoms with Gasteiger partial charge in [-0.05, 0) is 30.3 Å². The normalized spacial score (nSPS) is 13.9. The number of hydrogen-bond acceptors (Lipinski definition) is 6. The van der Waals surface area contributed by atoms with E-state index in [1.807, 2.05) is 85.2 Å². The van der Waals surface area contributed by atoms with Crippen LogP contribution in [0, 0.1) is 0 Å². The fourth-order valence-corrected chi connectivity index (χ4v) is 4.68. The predicted molar refractivity (Wildman–Crippen MR) is 158 cm³/mol. The Labute approximate surface area is 232 Å². The Morgan fingerprint density at radius 1 is 0.632 bits per heavy atom. The van der Waals surface area contributed by atoms with Gasteiger partial charge in [0, 0.05) is 56.7 Å². The number of para-hydroxylation sites is 2. The van der Waals surface area contributed by atoms with Crippen molar-refractivity contribution in [3.05, 3.63) is 96.3 Å². The maximum absolute atomic E-state index is 11.7. The molecule has 0 saturated carbocycles. The minimum absolute atomic E-state index is 0. The molecule has 0 bridgehead atoms. The Bertz CT molecular complexity index is 1410. The molecule has 0 aliphatic heterocycles. The first kappa shape index (κ1) is 28.7. The van der Waals surface area contributed by atoms with E-state index >= 15 is 0 Å². The topological polar surface area (TPSA) is 142 Å². The highest BCUT2D eigenvalue weighted by molar-refractivity contribution is 5.86. The zero-order chi connectivity index (χ0) is 25.1. The minimum Gasteiger partial charge on any atom is -0.376 e. The molecular formula is C28H30Cl2N6O2. The van der Waals surface area contributed by atoms with Crippen LogP contribution in [-0.2, 0) is 9.59 Å². The highest BCUT2D eigenvalue weighted by Gasteiger charge is 2.24. The summed E-state index contributed by atoms with van der Waals surface area (Å²) in [5.74, 6) is 0. The number of aromatic nitrogens is 2. The zero-order valence-electron chi connectivity index (χ0n) is 20.3. The van der Waals surface area contributed by atoms with Crippen LogP contribution in [0.15, 0.2) is 85.2 Å². The molecule has 2 aromatic heterocycles. The molecule has 3 unspecified atom stereocenters. The molecule has 4 atom stereocenters. The van der Waals surface area contributed by atoms with Crippen LogP contribution in [0.5, 0.6) is 0 Å². The third-order valence-electron chi connectivity index (χ3n) is 6.50. The van der Waals surface area contributed by atoms with E-state index in [4.69, 9.17) is 11.5 Å². The van der Waals surface area contributed by atoms with Gasteiger partial charge in [0.25, 0.3) is 0 Å². The summed E-state index contributed by atoms with van der Waals surface area (Å²) in [5, 5.41) is 8.84. The lowest BCUT2D eigenvalue weighted by atomic mass is 9.99. The number of hydrogen-bond donors (Lipinski definition) is 6. The molecule has 198 valence electrons. The third kappa shape index (κ3) is 5.69. The highest BCUT2D eigenvalue weighted by atomic mass is 35.5. The van der Waals surface area contributed by atoms with E-state index in [-0.39, 0.29) is 24.8 Å². The van der Waals surface area contributed by atoms with Gasteiger partial charge >= 0.3 is 0 Å². The summed E-state index contributed by atoms with van der Waals surface area (Å²) < 4.78 is 0. The number of nitrogens with one attached hydrogen (secondary N) is 4. The standard InChI is InChI=1S/C28H28N6O2.2ClH/c29-23(15-35)27(21-13-31-25-10-3-1-8-19(21)25)33-17-6-5-7-18(12-17)34-28(24(30)16-36)22-14-32-26-11-4-2-9-20(22)26;;/h1-16,23-24,27-28,31-34H,29-30H2;2*1H/t23-,24?,27?,28?;;/m0../s1. The molecule has 8 nitrogen and oxygen atoms in total. The second-order valence-corrected chi connectivity index (χ2v) is 8.83. The van der Waals surface area contributed by atoms with Crippen LogP contribution in [0.3, 0.4) is 0 Å². The number of aromatic amines is 2. The van der Waals surface area contributed by atoms with Crippen LogP contribution in [-0.4, -0.2) is 34.6 Å². The molecule has 0 saturated heterocycles. The number of nitrogens with two attached hydrogens (primary N) is 2. The van der Waals surface area contributed by atoms with E-state index in [9.17, 15) is 9.59 Å². The molecule has 10 heteroatoms. The van der Waals surface area contributed by atoms with Gasteiger partial charge in [0.15, 0.2) is 0 Å². The van der Waals surface area contributed by atoms with Crippen molar-refractivity contribution in [2.24, 2.45) is 11.5 Å². The van der Waals surface area contributed by atoms with E-state index in [0.717, 1.165) is 56.9 Å². The van der Waals surface area contributed by atoms with E-state index < -0.39 is 24.2 Å². The lowest BCUT2D eigenvalue weighted by Crippen LogP contribution is -2.35. The maximum atomic E-state index is 11.7. The van der Waals surface area contributed by atoms with Gasteiger partial charge < -0.3 is 41.7 Å². The van der Waals surface area contributed by atoms with Crippen LogP contribution < -0.4 is 22.1 Å². The average molecular weight is 553 g/mol. The highest BCUT2D eigenvalue weighted by Crippen LogP contribution is 2.32. The summed E-state index contributed by atoms with van der Waals surface area (Å²) in [7, 11) is 0. The summed E-state index contributed by atoms with van der Waals surface area (Å²) in [6.45, 7) is 0. The Morgan fingerprint density at radius 3 is 1.47 bits per heavy atom. The van der Waals surface area contributed by atoms with Crippen molar-refractivity contribution in [3.8, 4) is 0 Å². The number of benzene rings is 3. The number of carbonyl (C=O) groups excluding carboxylic acids is 2. The van der Waals surface area contributed by atoms with E-state index in [1.165, 1.54) is 0 Å². The largest absolute Gasteiger partial charge is 0.376 e. The van der Waals surface area contributed by atoms with Crippen LogP contribution >= 0.6 is 24.8 Å². The molecule has 38 heavy (non-hydrogen) atoms. The molecule has 0 radical (unpaired) electrons. The molecule has 2 heterocycles. The molecule has 0 aliphatic carbocycles. The average Bonchev–Trinajstić information content (AvgIpc) is 3.54. The lowest BCUT2D eigenvalue weighted by molar-refractivity contribution is -0.109. The maximum Gasteiger partial charge on any atom is 0.139 e. The van der Waals surface area contributed by atoms with Gasteiger partial charge in [0.1, 0.15) is 12.6 Å². The monoisotopic (exact) mass is 552 g/mol. The third-order valence-corrected chi connectivity index (χ3v) is 6.50. The van der Waals surface area contributed by atoms with Crippen molar-refractivity contribution in [3.63, 3.8) is 0 Å². The second-order valence-electron chi connectivity index (χ2n) is 8.83. The van der Waals surface area contributed by atoms with E-state index in [0.29, 0.717) is 0 Å². The van der Waals surface area contributed by atoms with Crippen molar-refractivity contribution in [1.82, 2.24) is 9.97 Å². The smallest absolute Gasteiger partial charge is 0.139 e. The van der Waals surface area contributed by atoms with Crippen LogP contribution in [0.4, 0.5) is 11.4 Å². The summed E-state index contributed by atoms with van der Waals surface area (Å²) in [6.07, 6.45) is 5.25. The first-order valence-electron chi connectivity index (χ1n) is 11.8. The number of carbonyl (C=O) groups is 2. The van der Waals surface area contributed by atoms with Gasteiger partial charge in [-0.25, -0.2) is 0 Å². The number of anilines is 2. The molecule has 8 N–H and O–H groups in total. The Kier molecular flexibility index (Phi) is 9.55. The first-order valence-corrected chi connectivity index (χ1v) is 11.8.